The zero-order valence-corrected chi connectivity index (χ0v) is 22.3. The Kier molecular flexibility index (Phi) is 6.64. The second-order valence-electron chi connectivity index (χ2n) is 11.1. The maximum absolute atomic E-state index is 13.5. The van der Waals surface area contributed by atoms with Crippen LogP contribution in [0.4, 0.5) is 14.6 Å². The lowest BCUT2D eigenvalue weighted by Crippen LogP contribution is -2.42. The van der Waals surface area contributed by atoms with E-state index in [0.717, 1.165) is 45.4 Å². The minimum Gasteiger partial charge on any atom is -0.461 e. The van der Waals surface area contributed by atoms with Gasteiger partial charge in [-0.1, -0.05) is 18.2 Å². The maximum Gasteiger partial charge on any atom is 0.253 e. The Hall–Kier alpha value is -4.07. The van der Waals surface area contributed by atoms with Gasteiger partial charge in [0.1, 0.15) is 22.9 Å². The number of anilines is 1. The molecule has 4 aromatic rings. The largest absolute Gasteiger partial charge is 0.461 e. The van der Waals surface area contributed by atoms with Crippen LogP contribution >= 0.6 is 0 Å². The fraction of sp³-hybridized carbons (Fsp3) is 0.344. The van der Waals surface area contributed by atoms with Crippen molar-refractivity contribution in [1.29, 1.82) is 0 Å². The van der Waals surface area contributed by atoms with Gasteiger partial charge in [0.25, 0.3) is 11.8 Å². The van der Waals surface area contributed by atoms with Crippen LogP contribution < -0.4 is 5.73 Å². The highest BCUT2D eigenvalue weighted by Crippen LogP contribution is 2.48. The zero-order chi connectivity index (χ0) is 28.0. The van der Waals surface area contributed by atoms with Gasteiger partial charge in [-0.2, -0.15) is 0 Å². The van der Waals surface area contributed by atoms with Gasteiger partial charge in [-0.05, 0) is 77.9 Å². The van der Waals surface area contributed by atoms with Gasteiger partial charge in [0.05, 0.1) is 0 Å². The predicted octanol–water partition coefficient (Wildman–Crippen LogP) is 6.56. The summed E-state index contributed by atoms with van der Waals surface area (Å²) in [5.41, 5.74) is 10.9. The number of halogens is 2. The highest BCUT2D eigenvalue weighted by atomic mass is 19.3. The number of Topliss-reactive ketones (excluding diaryl/α,β-unsaturated/α-hetero) is 1. The molecule has 2 aromatic carbocycles. The van der Waals surface area contributed by atoms with Crippen molar-refractivity contribution in [3.63, 3.8) is 0 Å². The van der Waals surface area contributed by atoms with Crippen LogP contribution in [0.2, 0.25) is 0 Å². The number of carbonyl (C=O) groups is 2. The summed E-state index contributed by atoms with van der Waals surface area (Å²) >= 11 is 0. The van der Waals surface area contributed by atoms with E-state index in [4.69, 9.17) is 10.2 Å². The van der Waals surface area contributed by atoms with Crippen LogP contribution in [0.25, 0.3) is 22.1 Å². The van der Waals surface area contributed by atoms with Crippen molar-refractivity contribution in [1.82, 2.24) is 9.88 Å². The van der Waals surface area contributed by atoms with E-state index in [1.165, 1.54) is 4.90 Å². The Morgan fingerprint density at radius 3 is 2.50 bits per heavy atom. The summed E-state index contributed by atoms with van der Waals surface area (Å²) in [5, 5.41) is 0.962. The Morgan fingerprint density at radius 2 is 1.80 bits per heavy atom. The summed E-state index contributed by atoms with van der Waals surface area (Å²) in [5.74, 6) is -1.13. The lowest BCUT2D eigenvalue weighted by molar-refractivity contribution is -0.120. The molecule has 1 saturated heterocycles. The third-order valence-corrected chi connectivity index (χ3v) is 8.16. The van der Waals surface area contributed by atoms with E-state index < -0.39 is 5.92 Å². The molecule has 2 atom stereocenters. The first-order valence-electron chi connectivity index (χ1n) is 13.7. The maximum atomic E-state index is 13.5. The number of hydrogen-bond donors (Lipinski definition) is 1. The summed E-state index contributed by atoms with van der Waals surface area (Å²) in [7, 11) is 0. The molecular weight excluding hydrogens is 512 g/mol. The monoisotopic (exact) mass is 543 g/mol. The number of piperidine rings is 1. The molecule has 3 heterocycles. The topological polar surface area (TPSA) is 89.4 Å². The molecule has 1 aliphatic carbocycles. The summed E-state index contributed by atoms with van der Waals surface area (Å²) in [6.45, 7) is 2.13. The second-order valence-corrected chi connectivity index (χ2v) is 11.1. The van der Waals surface area contributed by atoms with Crippen molar-refractivity contribution in [3.8, 4) is 11.1 Å². The molecule has 0 unspecified atom stereocenters. The van der Waals surface area contributed by atoms with Gasteiger partial charge in [0.15, 0.2) is 0 Å². The van der Waals surface area contributed by atoms with E-state index in [2.05, 4.69) is 4.98 Å². The first kappa shape index (κ1) is 26.2. The smallest absolute Gasteiger partial charge is 0.253 e. The lowest BCUT2D eigenvalue weighted by atomic mass is 9.99. The first-order chi connectivity index (χ1) is 19.2. The molecule has 1 saturated carbocycles. The Bertz CT molecular complexity index is 1570. The van der Waals surface area contributed by atoms with Crippen molar-refractivity contribution in [2.75, 3.05) is 18.8 Å². The Morgan fingerprint density at radius 1 is 1.05 bits per heavy atom. The fourth-order valence-corrected chi connectivity index (χ4v) is 5.68. The van der Waals surface area contributed by atoms with Crippen molar-refractivity contribution in [2.24, 2.45) is 5.92 Å². The normalized spacial score (nSPS) is 20.0. The Balaban J connectivity index is 1.10. The van der Waals surface area contributed by atoms with E-state index in [1.807, 2.05) is 43.3 Å². The molecule has 2 fully saturated rings. The molecule has 2 aromatic heterocycles. The second kappa shape index (κ2) is 10.2. The van der Waals surface area contributed by atoms with Gasteiger partial charge in [-0.25, -0.2) is 13.8 Å². The number of aromatic nitrogens is 1. The number of alkyl halides is 2. The molecule has 0 radical (unpaired) electrons. The Labute approximate surface area is 231 Å². The summed E-state index contributed by atoms with van der Waals surface area (Å²) in [4.78, 5) is 31.2. The number of nitrogens with two attached hydrogens (primary N) is 1. The number of nitrogen functional groups attached to an aromatic ring is 1. The fourth-order valence-electron chi connectivity index (χ4n) is 5.68. The molecule has 2 aliphatic rings. The van der Waals surface area contributed by atoms with Crippen LogP contribution in [0, 0.1) is 12.8 Å². The number of benzene rings is 2. The standard InChI is InChI=1S/C32H31F2N3O3/c1-19-14-23(20-2-4-21(5-3-20)31(39)37-12-10-32(33,34)11-13-37)15-24-16-25(40-30(19)24)7-8-28(38)27-17-26(27)22-6-9-29(35)36-18-22/h2-6,9,14-16,18,26-27H,7-8,10-13,17H2,1H3,(H2,35,36)/t26-,27+/m0/s1. The van der Waals surface area contributed by atoms with Crippen molar-refractivity contribution in [2.45, 2.75) is 50.9 Å². The van der Waals surface area contributed by atoms with Gasteiger partial charge in [-0.3, -0.25) is 9.59 Å². The van der Waals surface area contributed by atoms with Crippen molar-refractivity contribution in [3.05, 3.63) is 83.2 Å². The number of amides is 1. The van der Waals surface area contributed by atoms with E-state index in [0.29, 0.717) is 24.2 Å². The van der Waals surface area contributed by atoms with E-state index >= 15 is 0 Å². The van der Waals surface area contributed by atoms with E-state index in [9.17, 15) is 18.4 Å². The number of rotatable bonds is 7. The third-order valence-electron chi connectivity index (χ3n) is 8.16. The van der Waals surface area contributed by atoms with Crippen LogP contribution in [0.3, 0.4) is 0 Å². The summed E-state index contributed by atoms with van der Waals surface area (Å²) in [6.07, 6.45) is 3.00. The number of aryl methyl sites for hydroxylation is 2. The minimum atomic E-state index is -2.68. The van der Waals surface area contributed by atoms with Gasteiger partial charge in [0.2, 0.25) is 0 Å². The van der Waals surface area contributed by atoms with Crippen LogP contribution in [0.1, 0.15) is 58.8 Å². The van der Waals surface area contributed by atoms with Crippen LogP contribution in [0.5, 0.6) is 0 Å². The number of pyridine rings is 1. The summed E-state index contributed by atoms with van der Waals surface area (Å²) in [6, 6.07) is 17.1. The number of likely N-dealkylation sites (tertiary alicyclic amines) is 1. The highest BCUT2D eigenvalue weighted by molar-refractivity contribution is 5.95. The SMILES string of the molecule is Cc1cc(-c2ccc(C(=O)N3CCC(F)(F)CC3)cc2)cc2cc(CCC(=O)[C@@H]3C[C@H]3c3ccc(N)nc3)oc12. The average Bonchev–Trinajstić information content (AvgIpc) is 3.63. The number of fused-ring (bicyclic) bond motifs is 1. The number of carbonyl (C=O) groups excluding carboxylic acids is 2. The quantitative estimate of drug-likeness (QED) is 0.285. The van der Waals surface area contributed by atoms with Crippen molar-refractivity contribution < 1.29 is 22.8 Å². The summed E-state index contributed by atoms with van der Waals surface area (Å²) < 4.78 is 33.0. The first-order valence-corrected chi connectivity index (χ1v) is 13.7. The van der Waals surface area contributed by atoms with E-state index in [-0.39, 0.29) is 49.5 Å². The van der Waals surface area contributed by atoms with Gasteiger partial charge < -0.3 is 15.1 Å². The van der Waals surface area contributed by atoms with Gasteiger partial charge >= 0.3 is 0 Å². The van der Waals surface area contributed by atoms with E-state index in [1.54, 1.807) is 24.4 Å². The molecule has 0 bridgehead atoms. The molecule has 8 heteroatoms. The number of nitrogens with zero attached hydrogens (tertiary/aromatic N) is 2. The lowest BCUT2D eigenvalue weighted by Gasteiger charge is -2.31. The molecular formula is C32H31F2N3O3. The zero-order valence-electron chi connectivity index (χ0n) is 22.3. The van der Waals surface area contributed by atoms with Gasteiger partial charge in [-0.15, -0.1) is 0 Å². The van der Waals surface area contributed by atoms with Gasteiger partial charge in [0, 0.05) is 61.8 Å². The van der Waals surface area contributed by atoms with Crippen LogP contribution in [0.15, 0.2) is 65.2 Å². The minimum absolute atomic E-state index is 0.0360. The molecule has 1 aliphatic heterocycles. The molecule has 1 amide bonds. The number of furan rings is 1. The molecule has 6 rings (SSSR count). The third kappa shape index (κ3) is 5.35. The molecule has 0 spiro atoms. The molecule has 206 valence electrons. The van der Waals surface area contributed by atoms with Crippen LogP contribution in [-0.2, 0) is 11.2 Å². The van der Waals surface area contributed by atoms with Crippen molar-refractivity contribution >= 4 is 28.5 Å². The number of hydrogen-bond acceptors (Lipinski definition) is 5. The molecule has 40 heavy (non-hydrogen) atoms. The number of ketones is 1. The molecule has 2 N–H and O–H groups in total. The molecule has 6 nitrogen and oxygen atoms in total. The van der Waals surface area contributed by atoms with Crippen LogP contribution in [-0.4, -0.2) is 40.6 Å². The predicted molar refractivity (Wildman–Crippen MR) is 149 cm³/mol. The highest BCUT2D eigenvalue weighted by Gasteiger charge is 2.43. The average molecular weight is 544 g/mol.